The van der Waals surface area contributed by atoms with Crippen LogP contribution in [0.1, 0.15) is 0 Å². The third-order valence-corrected chi connectivity index (χ3v) is 0.1000. The van der Waals surface area contributed by atoms with Crippen molar-refractivity contribution in [3.63, 3.8) is 0 Å². The molecule has 0 fully saturated rings. The standard InChI is InChI=1S/C2H6O2.Mg.O/c3-1-2-4;;/h3-4H,1-2H2;;/q;+2;-2. The summed E-state index contributed by atoms with van der Waals surface area (Å²) in [6.07, 6.45) is 0. The summed E-state index contributed by atoms with van der Waals surface area (Å²) < 4.78 is 0. The molecule has 0 rings (SSSR count). The van der Waals surface area contributed by atoms with Gasteiger partial charge in [-0.1, -0.05) is 0 Å². The Bertz CT molecular complexity index is 10.8. The summed E-state index contributed by atoms with van der Waals surface area (Å²) in [5.41, 5.74) is 0. The molecule has 0 aliphatic rings. The summed E-state index contributed by atoms with van der Waals surface area (Å²) in [6, 6.07) is 0. The third-order valence-electron chi connectivity index (χ3n) is 0.1000. The molecule has 0 bridgehead atoms. The van der Waals surface area contributed by atoms with E-state index in [0.717, 1.165) is 0 Å². The van der Waals surface area contributed by atoms with Crippen LogP contribution in [0.5, 0.6) is 0 Å². The Morgan fingerprint density at radius 3 is 1.17 bits per heavy atom. The number of hydrogen-bond donors (Lipinski definition) is 2. The normalized spacial score (nSPS) is 5.00. The molecule has 0 aliphatic heterocycles. The van der Waals surface area contributed by atoms with Crippen molar-refractivity contribution in [1.82, 2.24) is 0 Å². The molecule has 6 heavy (non-hydrogen) atoms. The fraction of sp³-hybridized carbons (Fsp3) is 1.00. The van der Waals surface area contributed by atoms with Crippen LogP contribution in [0.4, 0.5) is 0 Å². The largest absolute Gasteiger partial charge is 2.00 e. The zero-order valence-corrected chi connectivity index (χ0v) is 4.84. The zero-order chi connectivity index (χ0) is 3.41. The van der Waals surface area contributed by atoms with Crippen molar-refractivity contribution >= 4 is 23.1 Å². The molecule has 0 radical (unpaired) electrons. The summed E-state index contributed by atoms with van der Waals surface area (Å²) in [7, 11) is 0. The predicted octanol–water partition coefficient (Wildman–Crippen LogP) is -1.53. The maximum atomic E-state index is 7.62. The van der Waals surface area contributed by atoms with Gasteiger partial charge in [-0.2, -0.15) is 0 Å². The van der Waals surface area contributed by atoms with Crippen molar-refractivity contribution in [1.29, 1.82) is 0 Å². The fourth-order valence-corrected chi connectivity index (χ4v) is 0. The molecule has 0 saturated carbocycles. The van der Waals surface area contributed by atoms with E-state index in [9.17, 15) is 0 Å². The Morgan fingerprint density at radius 2 is 1.17 bits per heavy atom. The molecular weight excluding hydrogens is 96.3 g/mol. The predicted molar refractivity (Wildman–Crippen MR) is 20.6 cm³/mol. The maximum Gasteiger partial charge on any atom is 2.00 e. The molecule has 0 aromatic rings. The summed E-state index contributed by atoms with van der Waals surface area (Å²) in [5.74, 6) is 0. The van der Waals surface area contributed by atoms with Crippen molar-refractivity contribution < 1.29 is 15.7 Å². The Balaban J connectivity index is -0.0000000450. The molecule has 0 heterocycles. The summed E-state index contributed by atoms with van der Waals surface area (Å²) >= 11 is 0. The van der Waals surface area contributed by atoms with Gasteiger partial charge in [-0.05, 0) is 0 Å². The van der Waals surface area contributed by atoms with Gasteiger partial charge in [0, 0.05) is 0 Å². The van der Waals surface area contributed by atoms with E-state index in [2.05, 4.69) is 0 Å². The van der Waals surface area contributed by atoms with Gasteiger partial charge in [0.15, 0.2) is 0 Å². The Kier molecular flexibility index (Phi) is 46.2. The van der Waals surface area contributed by atoms with Crippen molar-refractivity contribution in [2.75, 3.05) is 13.2 Å². The minimum Gasteiger partial charge on any atom is -2.00 e. The smallest absolute Gasteiger partial charge is 2.00 e. The topological polar surface area (TPSA) is 69.0 Å². The van der Waals surface area contributed by atoms with Gasteiger partial charge in [0.05, 0.1) is 13.2 Å². The molecule has 0 amide bonds. The number of aliphatic hydroxyl groups excluding tert-OH is 2. The van der Waals surface area contributed by atoms with Gasteiger partial charge < -0.3 is 15.7 Å². The number of rotatable bonds is 1. The van der Waals surface area contributed by atoms with E-state index in [4.69, 9.17) is 10.2 Å². The van der Waals surface area contributed by atoms with Crippen LogP contribution in [0.15, 0.2) is 0 Å². The average molecular weight is 102 g/mol. The second kappa shape index (κ2) is 17.4. The second-order valence-electron chi connectivity index (χ2n) is 0.447. The monoisotopic (exact) mass is 102 g/mol. The molecule has 3 nitrogen and oxygen atoms in total. The van der Waals surface area contributed by atoms with Gasteiger partial charge in [0.1, 0.15) is 0 Å². The van der Waals surface area contributed by atoms with E-state index in [-0.39, 0.29) is 41.7 Å². The second-order valence-corrected chi connectivity index (χ2v) is 0.447. The SMILES string of the molecule is OCCO.[Mg+2].[O-2]. The fourth-order valence-electron chi connectivity index (χ4n) is 0. The molecule has 0 unspecified atom stereocenters. The molecule has 0 aromatic carbocycles. The molecule has 0 aromatic heterocycles. The number of hydrogen-bond acceptors (Lipinski definition) is 2. The molecular formula is C2H6MgO3. The third kappa shape index (κ3) is 22.8. The van der Waals surface area contributed by atoms with Crippen LogP contribution in [0.2, 0.25) is 0 Å². The van der Waals surface area contributed by atoms with E-state index in [0.29, 0.717) is 0 Å². The van der Waals surface area contributed by atoms with Gasteiger partial charge in [-0.15, -0.1) is 0 Å². The van der Waals surface area contributed by atoms with Gasteiger partial charge >= 0.3 is 23.1 Å². The summed E-state index contributed by atoms with van der Waals surface area (Å²) in [6.45, 7) is -0.250. The van der Waals surface area contributed by atoms with Crippen LogP contribution < -0.4 is 0 Å². The molecule has 2 N–H and O–H groups in total. The summed E-state index contributed by atoms with van der Waals surface area (Å²) in [5, 5.41) is 15.2. The van der Waals surface area contributed by atoms with Gasteiger partial charge in [0.2, 0.25) is 0 Å². The van der Waals surface area contributed by atoms with Gasteiger partial charge in [-0.25, -0.2) is 0 Å². The van der Waals surface area contributed by atoms with Crippen LogP contribution in [0.25, 0.3) is 0 Å². The van der Waals surface area contributed by atoms with Gasteiger partial charge in [0.25, 0.3) is 0 Å². The average Bonchev–Trinajstić information content (AvgIpc) is 1.37. The van der Waals surface area contributed by atoms with E-state index >= 15 is 0 Å². The first kappa shape index (κ1) is 15.9. The molecule has 0 aliphatic carbocycles. The van der Waals surface area contributed by atoms with Crippen molar-refractivity contribution in [3.05, 3.63) is 0 Å². The van der Waals surface area contributed by atoms with E-state index in [1.807, 2.05) is 0 Å². The Hall–Kier alpha value is 0.646. The first-order valence-corrected chi connectivity index (χ1v) is 1.13. The van der Waals surface area contributed by atoms with Crippen molar-refractivity contribution in [2.24, 2.45) is 0 Å². The minimum atomic E-state index is -0.125. The summed E-state index contributed by atoms with van der Waals surface area (Å²) in [4.78, 5) is 0. The van der Waals surface area contributed by atoms with Crippen LogP contribution in [0, 0.1) is 0 Å². The zero-order valence-electron chi connectivity index (χ0n) is 3.42. The molecule has 0 atom stereocenters. The van der Waals surface area contributed by atoms with Crippen LogP contribution in [0.3, 0.4) is 0 Å². The number of aliphatic hydroxyl groups is 2. The maximum absolute atomic E-state index is 7.62. The van der Waals surface area contributed by atoms with Crippen LogP contribution in [-0.4, -0.2) is 46.5 Å². The quantitative estimate of drug-likeness (QED) is 0.395. The van der Waals surface area contributed by atoms with Crippen molar-refractivity contribution in [3.8, 4) is 0 Å². The Morgan fingerprint density at radius 1 is 1.00 bits per heavy atom. The van der Waals surface area contributed by atoms with E-state index in [1.165, 1.54) is 0 Å². The molecule has 0 saturated heterocycles. The first-order valence-electron chi connectivity index (χ1n) is 1.13. The van der Waals surface area contributed by atoms with E-state index < -0.39 is 0 Å². The molecule has 0 spiro atoms. The van der Waals surface area contributed by atoms with Crippen molar-refractivity contribution in [2.45, 2.75) is 0 Å². The van der Waals surface area contributed by atoms with Crippen LogP contribution in [-0.2, 0) is 5.48 Å². The first-order chi connectivity index (χ1) is 1.91. The van der Waals surface area contributed by atoms with Crippen LogP contribution >= 0.6 is 0 Å². The van der Waals surface area contributed by atoms with E-state index in [1.54, 1.807) is 0 Å². The minimum absolute atomic E-state index is 0. The molecule has 34 valence electrons. The van der Waals surface area contributed by atoms with Gasteiger partial charge in [-0.3, -0.25) is 0 Å². The Labute approximate surface area is 52.4 Å². The molecule has 4 heteroatoms.